The van der Waals surface area contributed by atoms with E-state index in [1.807, 2.05) is 47.6 Å². The van der Waals surface area contributed by atoms with Gasteiger partial charge in [-0.15, -0.1) is 0 Å². The highest BCUT2D eigenvalue weighted by Gasteiger charge is 2.47. The molecule has 1 aliphatic heterocycles. The maximum absolute atomic E-state index is 15.5. The van der Waals surface area contributed by atoms with Crippen LogP contribution in [0.25, 0.3) is 0 Å². The molecule has 0 saturated carbocycles. The third-order valence-corrected chi connectivity index (χ3v) is 20.0. The minimum absolute atomic E-state index is 0.0219. The zero-order chi connectivity index (χ0) is 75.7. The third-order valence-electron chi connectivity index (χ3n) is 18.9. The smallest absolute Gasteiger partial charge is 0.246 e. The molecule has 11 amide bonds. The molecule has 6 N–H and O–H groups in total. The number of rotatable bonds is 25. The first-order chi connectivity index (χ1) is 45.4. The predicted molar refractivity (Wildman–Crippen MR) is 388 cm³/mol. The molecule has 98 heavy (non-hydrogen) atoms. The first-order valence-corrected chi connectivity index (χ1v) is 37.0. The van der Waals surface area contributed by atoms with Crippen LogP contribution in [0.1, 0.15) is 189 Å². The number of allylic oxidation sites excluding steroid dienone is 2. The van der Waals surface area contributed by atoms with E-state index in [0.717, 1.165) is 42.3 Å². The summed E-state index contributed by atoms with van der Waals surface area (Å²) in [7, 11) is 9.95. The van der Waals surface area contributed by atoms with Crippen molar-refractivity contribution in [2.75, 3.05) is 80.5 Å². The molecular formula is C72H132N12O13S. The zero-order valence-corrected chi connectivity index (χ0v) is 65.6. The Hall–Kier alpha value is -5.86. The van der Waals surface area contributed by atoms with Crippen LogP contribution in [0.5, 0.6) is 0 Å². The van der Waals surface area contributed by atoms with E-state index >= 15 is 33.6 Å². The number of nitrogens with one attached hydrogen (secondary N) is 4. The fourth-order valence-corrected chi connectivity index (χ4v) is 13.5. The van der Waals surface area contributed by atoms with Gasteiger partial charge in [0.15, 0.2) is 0 Å². The van der Waals surface area contributed by atoms with Crippen LogP contribution in [0.2, 0.25) is 0 Å². The number of hydrogen-bond acceptors (Lipinski definition) is 15. The zero-order valence-electron chi connectivity index (χ0n) is 64.8. The van der Waals surface area contributed by atoms with Crippen molar-refractivity contribution in [2.45, 2.75) is 268 Å². The van der Waals surface area contributed by atoms with Gasteiger partial charge in [-0.2, -0.15) is 11.8 Å². The van der Waals surface area contributed by atoms with Crippen LogP contribution in [-0.2, 0) is 52.7 Å². The van der Waals surface area contributed by atoms with E-state index in [1.54, 1.807) is 54.5 Å². The molecule has 1 saturated heterocycles. The van der Waals surface area contributed by atoms with Gasteiger partial charge in [0.2, 0.25) is 65.0 Å². The molecule has 0 aromatic heterocycles. The molecule has 1 fully saturated rings. The normalized spacial score (nSPS) is 25.9. The summed E-state index contributed by atoms with van der Waals surface area (Å²) in [5.74, 6) is -9.31. The van der Waals surface area contributed by atoms with Crippen LogP contribution in [0.3, 0.4) is 0 Å². The Bertz CT molecular complexity index is 2630. The summed E-state index contributed by atoms with van der Waals surface area (Å²) in [5.41, 5.74) is -1.58. The molecule has 0 aliphatic carbocycles. The Morgan fingerprint density at radius 2 is 0.990 bits per heavy atom. The number of unbranched alkanes of at least 4 members (excludes halogenated alkanes) is 1. The van der Waals surface area contributed by atoms with Crippen molar-refractivity contribution >= 4 is 76.7 Å². The predicted octanol–water partition coefficient (Wildman–Crippen LogP) is 5.00. The molecule has 1 rings (SSSR count). The first-order valence-electron chi connectivity index (χ1n) is 35.8. The molecule has 0 radical (unpaired) electrons. The number of nitrogens with zero attached hydrogens (tertiary/aromatic N) is 8. The number of aliphatic hydroxyl groups excluding tert-OH is 1. The Morgan fingerprint density at radius 3 is 1.47 bits per heavy atom. The molecule has 1 aliphatic rings. The Labute approximate surface area is 593 Å². The van der Waals surface area contributed by atoms with Crippen molar-refractivity contribution < 1.29 is 63.0 Å². The molecule has 0 unspecified atom stereocenters. The van der Waals surface area contributed by atoms with Gasteiger partial charge in [0.25, 0.3) is 0 Å². The Morgan fingerprint density at radius 1 is 0.520 bits per heavy atom. The van der Waals surface area contributed by atoms with Crippen molar-refractivity contribution in [3.05, 3.63) is 12.2 Å². The lowest BCUT2D eigenvalue weighted by Gasteiger charge is -2.41. The number of carbonyl (C=O) groups excluding carboxylic acids is 11. The van der Waals surface area contributed by atoms with Gasteiger partial charge in [0.05, 0.1) is 11.7 Å². The summed E-state index contributed by atoms with van der Waals surface area (Å²) >= 11 is 1.43. The van der Waals surface area contributed by atoms with Gasteiger partial charge in [-0.25, -0.2) is 0 Å². The lowest BCUT2D eigenvalue weighted by atomic mass is 9.91. The maximum atomic E-state index is 15.5. The lowest BCUT2D eigenvalue weighted by molar-refractivity contribution is -0.157. The van der Waals surface area contributed by atoms with E-state index in [2.05, 4.69) is 40.0 Å². The summed E-state index contributed by atoms with van der Waals surface area (Å²) in [6.45, 7) is 36.1. The van der Waals surface area contributed by atoms with E-state index in [1.165, 1.54) is 113 Å². The summed E-state index contributed by atoms with van der Waals surface area (Å²) in [5, 5.41) is 34.9. The van der Waals surface area contributed by atoms with Crippen LogP contribution in [0.4, 0.5) is 0 Å². The SMILES string of the molecule is C/C=C/C[C@@H](C)[C@@H](O)[C@H]1C(=O)N[C@H](CC)C(=O)N(C)[C@H](CSCCCCN(CC)CC)C(=O)N(C)[C@@H](CC(C)(C)O)C(=O)N[C@H](C(C)C)C(=O)N(C)[C@H](CCC(C)C)C(=O)N[C@H](C)C(=O)N[C@@H](C)C(=O)N(C)[C@@H](CC(C)C)C(=O)N(C)[C@H](CC(C)C)C(=O)N(C)[C@H](C(C)C)C(=O)N1C. The van der Waals surface area contributed by atoms with Crippen LogP contribution < -0.4 is 21.3 Å². The average molecular weight is 1410 g/mol. The minimum Gasteiger partial charge on any atom is -0.390 e. The Balaban J connectivity index is 4.59. The molecule has 25 nitrogen and oxygen atoms in total. The van der Waals surface area contributed by atoms with Crippen molar-refractivity contribution in [3.8, 4) is 0 Å². The molecule has 0 aromatic rings. The van der Waals surface area contributed by atoms with E-state index < -0.39 is 161 Å². The summed E-state index contributed by atoms with van der Waals surface area (Å²) in [6, 6.07) is -14.4. The first kappa shape index (κ1) is 90.2. The topological polar surface area (TPSA) is 302 Å². The molecule has 0 bridgehead atoms. The van der Waals surface area contributed by atoms with Gasteiger partial charge in [0, 0.05) is 61.5 Å². The van der Waals surface area contributed by atoms with Crippen LogP contribution >= 0.6 is 11.8 Å². The van der Waals surface area contributed by atoms with Crippen LogP contribution in [-0.4, -0.2) is 273 Å². The van der Waals surface area contributed by atoms with E-state index in [-0.39, 0.29) is 62.0 Å². The summed E-state index contributed by atoms with van der Waals surface area (Å²) in [4.78, 5) is 176. The second kappa shape index (κ2) is 42.4. The average Bonchev–Trinajstić information content (AvgIpc) is 0.805. The van der Waals surface area contributed by atoms with Crippen molar-refractivity contribution in [1.29, 1.82) is 0 Å². The number of carbonyl (C=O) groups is 11. The van der Waals surface area contributed by atoms with E-state index in [0.29, 0.717) is 12.2 Å². The summed E-state index contributed by atoms with van der Waals surface area (Å²) in [6.07, 6.45) is 4.52. The fraction of sp³-hybridized carbons (Fsp3) is 0.819. The standard InChI is InChI=1S/C72H132N12O13S/c1-27-31-34-48(15)60(85)59-64(89)75-51(28-2)66(91)81(24)56(42-98-38-33-32-37-84(29-3)30-4)69(94)80(23)55(41-72(18,19)97)63(88)76-57(46(11)12)70(95)77(20)52(36-35-43(5)6)62(87)73-49(16)61(86)74-50(17)65(90)78(21)53(39-44(7)8)67(92)79(22)54(40-45(9)10)68(93)82(25)58(47(13)14)71(96)83(59)26/h27,31,43-60,85,97H,28-30,32-42H2,1-26H3,(H,73,87)(H,74,86)(H,75,89)(H,76,88)/b31-27+/t48-,49-,50+,51-,52-,53+,54-,55+,56-,57-,58-,59+,60-/m1/s1. The van der Waals surface area contributed by atoms with E-state index in [4.69, 9.17) is 0 Å². The van der Waals surface area contributed by atoms with Crippen molar-refractivity contribution in [1.82, 2.24) is 60.5 Å². The number of thioether (sulfide) groups is 1. The minimum atomic E-state index is -1.66. The van der Waals surface area contributed by atoms with Gasteiger partial charge in [-0.3, -0.25) is 52.7 Å². The number of likely N-dealkylation sites (N-methyl/N-ethyl adjacent to an activating group) is 7. The maximum Gasteiger partial charge on any atom is 0.246 e. The van der Waals surface area contributed by atoms with Gasteiger partial charge in [0.1, 0.15) is 66.5 Å². The third kappa shape index (κ3) is 26.9. The molecule has 1 heterocycles. The molecule has 26 heteroatoms. The number of aliphatic hydroxyl groups is 2. The lowest BCUT2D eigenvalue weighted by Crippen LogP contribution is -2.64. The highest BCUT2D eigenvalue weighted by molar-refractivity contribution is 7.99. The van der Waals surface area contributed by atoms with Crippen LogP contribution in [0, 0.1) is 35.5 Å². The molecule has 0 spiro atoms. The molecule has 0 aromatic carbocycles. The largest absolute Gasteiger partial charge is 0.390 e. The molecule has 13 atom stereocenters. The second-order valence-corrected chi connectivity index (χ2v) is 31.0. The van der Waals surface area contributed by atoms with Gasteiger partial charge < -0.3 is 70.7 Å². The van der Waals surface area contributed by atoms with Crippen molar-refractivity contribution in [2.24, 2.45) is 35.5 Å². The van der Waals surface area contributed by atoms with Crippen molar-refractivity contribution in [3.63, 3.8) is 0 Å². The van der Waals surface area contributed by atoms with Gasteiger partial charge in [-0.05, 0) is 147 Å². The summed E-state index contributed by atoms with van der Waals surface area (Å²) < 4.78 is 0. The second-order valence-electron chi connectivity index (χ2n) is 29.8. The van der Waals surface area contributed by atoms with E-state index in [9.17, 15) is 29.4 Å². The highest BCUT2D eigenvalue weighted by atomic mass is 32.2. The fourth-order valence-electron chi connectivity index (χ4n) is 12.4. The van der Waals surface area contributed by atoms with Gasteiger partial charge >= 0.3 is 0 Å². The molecule has 564 valence electrons. The Kier molecular flexibility index (Phi) is 39.0. The number of hydrogen-bond donors (Lipinski definition) is 6. The monoisotopic (exact) mass is 1400 g/mol. The van der Waals surface area contributed by atoms with Gasteiger partial charge in [-0.1, -0.05) is 109 Å². The molecular weight excluding hydrogens is 1270 g/mol. The number of amides is 11. The highest BCUT2D eigenvalue weighted by Crippen LogP contribution is 2.27. The quantitative estimate of drug-likeness (QED) is 0.0518. The van der Waals surface area contributed by atoms with Crippen LogP contribution in [0.15, 0.2) is 12.2 Å².